The third-order valence-corrected chi connectivity index (χ3v) is 7.11. The van der Waals surface area contributed by atoms with Crippen LogP contribution in [-0.2, 0) is 12.8 Å². The molecule has 0 unspecified atom stereocenters. The van der Waals surface area contributed by atoms with Crippen molar-refractivity contribution in [2.75, 3.05) is 29.7 Å². The molecule has 0 spiro atoms. The van der Waals surface area contributed by atoms with E-state index in [1.807, 2.05) is 10.3 Å². The molecule has 2 atom stereocenters. The van der Waals surface area contributed by atoms with Gasteiger partial charge in [0.05, 0.1) is 22.0 Å². The van der Waals surface area contributed by atoms with Crippen LogP contribution in [0.25, 0.3) is 0 Å². The second-order valence-corrected chi connectivity index (χ2v) is 9.47. The molecular formula is C22H22F4N8OS. The van der Waals surface area contributed by atoms with E-state index in [2.05, 4.69) is 32.8 Å². The van der Waals surface area contributed by atoms with Gasteiger partial charge in [0.1, 0.15) is 6.61 Å². The largest absolute Gasteiger partial charge is 0.484 e. The highest BCUT2D eigenvalue weighted by atomic mass is 32.1. The quantitative estimate of drug-likeness (QED) is 0.458. The van der Waals surface area contributed by atoms with Crippen molar-refractivity contribution in [3.8, 4) is 5.75 Å². The van der Waals surface area contributed by atoms with Crippen LogP contribution < -0.4 is 20.2 Å². The second-order valence-electron chi connectivity index (χ2n) is 8.58. The Morgan fingerprint density at radius 2 is 2.03 bits per heavy atom. The van der Waals surface area contributed by atoms with Crippen molar-refractivity contribution in [2.45, 2.75) is 32.0 Å². The average Bonchev–Trinajstić information content (AvgIpc) is 3.55. The summed E-state index contributed by atoms with van der Waals surface area (Å²) in [4.78, 5) is 14.4. The molecule has 2 aromatic heterocycles. The fourth-order valence-electron chi connectivity index (χ4n) is 4.16. The number of anilines is 2. The van der Waals surface area contributed by atoms with Gasteiger partial charge in [-0.1, -0.05) is 12.1 Å². The number of aromatic nitrogens is 3. The zero-order chi connectivity index (χ0) is 25.3. The van der Waals surface area contributed by atoms with Crippen LogP contribution in [0, 0.1) is 11.7 Å². The Kier molecular flexibility index (Phi) is 6.60. The van der Waals surface area contributed by atoms with Gasteiger partial charge in [0.25, 0.3) is 0 Å². The SMILES string of the molecule is C[C@H]1CN(c2ncc(C(F)(F)F)cn2)CC[C@H]1c1nc(COc2ccc(N3CN=NN3)cc2F)cs1. The van der Waals surface area contributed by atoms with E-state index in [-0.39, 0.29) is 24.2 Å². The topological polar surface area (TPSA) is 91.1 Å². The van der Waals surface area contributed by atoms with Gasteiger partial charge in [0, 0.05) is 42.8 Å². The van der Waals surface area contributed by atoms with E-state index in [0.717, 1.165) is 23.8 Å². The van der Waals surface area contributed by atoms with Crippen LogP contribution in [-0.4, -0.2) is 34.7 Å². The summed E-state index contributed by atoms with van der Waals surface area (Å²) in [5.41, 5.74) is 3.09. The van der Waals surface area contributed by atoms with Gasteiger partial charge in [-0.25, -0.2) is 24.4 Å². The number of nitrogens with one attached hydrogen (secondary N) is 1. The molecule has 1 N–H and O–H groups in total. The van der Waals surface area contributed by atoms with E-state index in [1.54, 1.807) is 17.1 Å². The first-order chi connectivity index (χ1) is 17.3. The third-order valence-electron chi connectivity index (χ3n) is 6.08. The lowest BCUT2D eigenvalue weighted by Gasteiger charge is -2.36. The number of hydrogen-bond acceptors (Lipinski definition) is 10. The van der Waals surface area contributed by atoms with E-state index in [1.165, 1.54) is 17.4 Å². The van der Waals surface area contributed by atoms with Crippen LogP contribution in [0.4, 0.5) is 29.2 Å². The van der Waals surface area contributed by atoms with Crippen molar-refractivity contribution in [3.05, 3.63) is 58.1 Å². The Bertz CT molecular complexity index is 1230. The van der Waals surface area contributed by atoms with Crippen LogP contribution >= 0.6 is 11.3 Å². The summed E-state index contributed by atoms with van der Waals surface area (Å²) in [6, 6.07) is 4.62. The van der Waals surface area contributed by atoms with E-state index < -0.39 is 17.6 Å². The minimum atomic E-state index is -4.46. The van der Waals surface area contributed by atoms with Gasteiger partial charge >= 0.3 is 6.18 Å². The lowest BCUT2D eigenvalue weighted by molar-refractivity contribution is -0.138. The lowest BCUT2D eigenvalue weighted by Crippen LogP contribution is -2.39. The fraction of sp³-hybridized carbons (Fsp3) is 0.409. The molecule has 2 aliphatic rings. The molecule has 0 amide bonds. The molecule has 1 aromatic carbocycles. The van der Waals surface area contributed by atoms with Crippen molar-refractivity contribution in [3.63, 3.8) is 0 Å². The number of piperidine rings is 1. The van der Waals surface area contributed by atoms with Crippen molar-refractivity contribution in [2.24, 2.45) is 16.3 Å². The predicted molar refractivity (Wildman–Crippen MR) is 124 cm³/mol. The van der Waals surface area contributed by atoms with Crippen LogP contribution in [0.1, 0.15) is 35.5 Å². The first kappa shape index (κ1) is 24.2. The van der Waals surface area contributed by atoms with Gasteiger partial charge in [0.2, 0.25) is 5.95 Å². The summed E-state index contributed by atoms with van der Waals surface area (Å²) in [5.74, 6) is 0.295. The Labute approximate surface area is 207 Å². The number of nitrogens with zero attached hydrogens (tertiary/aromatic N) is 7. The molecule has 9 nitrogen and oxygen atoms in total. The summed E-state index contributed by atoms with van der Waals surface area (Å²) in [7, 11) is 0. The van der Waals surface area contributed by atoms with Gasteiger partial charge in [-0.3, -0.25) is 0 Å². The number of hydrazine groups is 1. The summed E-state index contributed by atoms with van der Waals surface area (Å²) < 4.78 is 58.5. The zero-order valence-electron chi connectivity index (χ0n) is 19.1. The number of benzene rings is 1. The number of halogens is 4. The molecule has 4 heterocycles. The van der Waals surface area contributed by atoms with Crippen LogP contribution in [0.2, 0.25) is 0 Å². The molecule has 14 heteroatoms. The van der Waals surface area contributed by atoms with Crippen molar-refractivity contribution >= 4 is 23.0 Å². The molecule has 3 aromatic rings. The number of rotatable bonds is 6. The van der Waals surface area contributed by atoms with E-state index >= 15 is 0 Å². The smallest absolute Gasteiger partial charge is 0.419 e. The second kappa shape index (κ2) is 9.84. The predicted octanol–water partition coefficient (Wildman–Crippen LogP) is 4.95. The minimum Gasteiger partial charge on any atom is -0.484 e. The van der Waals surface area contributed by atoms with Crippen LogP contribution in [0.15, 0.2) is 46.3 Å². The Hall–Kier alpha value is -3.55. The van der Waals surface area contributed by atoms with Gasteiger partial charge < -0.3 is 9.64 Å². The summed E-state index contributed by atoms with van der Waals surface area (Å²) >= 11 is 1.52. The molecule has 0 bridgehead atoms. The highest BCUT2D eigenvalue weighted by Crippen LogP contribution is 2.36. The summed E-state index contributed by atoms with van der Waals surface area (Å²) in [5, 5.41) is 11.9. The van der Waals surface area contributed by atoms with E-state index in [0.29, 0.717) is 37.1 Å². The van der Waals surface area contributed by atoms with Gasteiger partial charge in [-0.2, -0.15) is 18.7 Å². The number of alkyl halides is 3. The molecule has 0 aliphatic carbocycles. The zero-order valence-corrected chi connectivity index (χ0v) is 19.9. The summed E-state index contributed by atoms with van der Waals surface area (Å²) in [6.07, 6.45) is -2.06. The monoisotopic (exact) mass is 522 g/mol. The van der Waals surface area contributed by atoms with Gasteiger partial charge in [0.15, 0.2) is 18.2 Å². The van der Waals surface area contributed by atoms with Gasteiger partial charge in [-0.15, -0.1) is 16.5 Å². The van der Waals surface area contributed by atoms with Crippen LogP contribution in [0.3, 0.4) is 0 Å². The first-order valence-corrected chi connectivity index (χ1v) is 12.1. The minimum absolute atomic E-state index is 0.125. The molecule has 36 heavy (non-hydrogen) atoms. The van der Waals surface area contributed by atoms with Crippen LogP contribution in [0.5, 0.6) is 5.75 Å². The van der Waals surface area contributed by atoms with Crippen molar-refractivity contribution < 1.29 is 22.3 Å². The highest BCUT2D eigenvalue weighted by molar-refractivity contribution is 7.09. The molecule has 0 radical (unpaired) electrons. The maximum atomic E-state index is 14.5. The molecular weight excluding hydrogens is 500 g/mol. The summed E-state index contributed by atoms with van der Waals surface area (Å²) in [6.45, 7) is 3.72. The average molecular weight is 523 g/mol. The normalized spacial score (nSPS) is 20.0. The first-order valence-electron chi connectivity index (χ1n) is 11.2. The molecule has 5 rings (SSSR count). The third kappa shape index (κ3) is 5.17. The maximum absolute atomic E-state index is 14.5. The lowest BCUT2D eigenvalue weighted by atomic mass is 9.87. The Morgan fingerprint density at radius 3 is 2.69 bits per heavy atom. The fourth-order valence-corrected chi connectivity index (χ4v) is 5.23. The molecule has 2 aliphatic heterocycles. The molecule has 1 fully saturated rings. The maximum Gasteiger partial charge on any atom is 0.419 e. The Morgan fingerprint density at radius 1 is 1.22 bits per heavy atom. The van der Waals surface area contributed by atoms with E-state index in [9.17, 15) is 17.6 Å². The van der Waals surface area contributed by atoms with Crippen molar-refractivity contribution in [1.29, 1.82) is 0 Å². The standard InChI is InChI=1S/C22H22F4N8OS/c1-13-9-33(21-27-7-14(8-28-21)22(24,25)26)5-4-17(13)20-30-15(11-36-20)10-35-19-3-2-16(6-18(19)23)34-12-29-31-32-34/h2-3,6-8,11,13,17H,4-5,9-10,12H2,1H3,(H,29,32)/t13-,17+/m0/s1. The molecule has 190 valence electrons. The number of ether oxygens (including phenoxy) is 1. The number of hydrogen-bond donors (Lipinski definition) is 1. The molecule has 0 saturated carbocycles. The number of thiazole rings is 1. The molecule has 1 saturated heterocycles. The van der Waals surface area contributed by atoms with E-state index in [4.69, 9.17) is 9.72 Å². The van der Waals surface area contributed by atoms with Gasteiger partial charge in [-0.05, 0) is 24.5 Å². The van der Waals surface area contributed by atoms with Crippen molar-refractivity contribution in [1.82, 2.24) is 20.5 Å². The Balaban J connectivity index is 1.17. The highest BCUT2D eigenvalue weighted by Gasteiger charge is 2.33.